The highest BCUT2D eigenvalue weighted by atomic mass is 16.5. The van der Waals surface area contributed by atoms with Crippen LogP contribution in [0.2, 0.25) is 0 Å². The Balaban J connectivity index is 3.10. The van der Waals surface area contributed by atoms with Gasteiger partial charge in [-0.2, -0.15) is 0 Å². The number of carbonyl (C=O) groups is 1. The molecular formula is C10H13NO3. The van der Waals surface area contributed by atoms with Gasteiger partial charge in [-0.05, 0) is 25.5 Å². The third-order valence-electron chi connectivity index (χ3n) is 1.78. The lowest BCUT2D eigenvalue weighted by Crippen LogP contribution is -2.07. The summed E-state index contributed by atoms with van der Waals surface area (Å²) in [4.78, 5) is 14.8. The quantitative estimate of drug-likeness (QED) is 0.795. The molecule has 0 spiro atoms. The fourth-order valence-corrected chi connectivity index (χ4v) is 1.11. The first-order chi connectivity index (χ1) is 6.69. The van der Waals surface area contributed by atoms with Crippen LogP contribution in [0.4, 0.5) is 0 Å². The number of hydrogen-bond donors (Lipinski definition) is 1. The van der Waals surface area contributed by atoms with Crippen molar-refractivity contribution in [3.05, 3.63) is 23.5 Å². The first-order valence-electron chi connectivity index (χ1n) is 4.55. The van der Waals surface area contributed by atoms with Gasteiger partial charge in [-0.3, -0.25) is 0 Å². The highest BCUT2D eigenvalue weighted by Crippen LogP contribution is 2.17. The van der Waals surface area contributed by atoms with Gasteiger partial charge in [0.2, 0.25) is 0 Å². The Bertz CT molecular complexity index is 336. The first kappa shape index (κ1) is 10.5. The summed E-state index contributed by atoms with van der Waals surface area (Å²) in [5, 5.41) is 8.87. The Morgan fingerprint density at radius 1 is 1.50 bits per heavy atom. The summed E-state index contributed by atoms with van der Waals surface area (Å²) in [5.74, 6) is -0.721. The van der Waals surface area contributed by atoms with Crippen LogP contribution in [0.3, 0.4) is 0 Å². The fourth-order valence-electron chi connectivity index (χ4n) is 1.11. The van der Waals surface area contributed by atoms with Crippen molar-refractivity contribution in [2.75, 3.05) is 6.61 Å². The molecule has 0 radical (unpaired) electrons. The Labute approximate surface area is 82.5 Å². The molecule has 0 saturated carbocycles. The van der Waals surface area contributed by atoms with E-state index in [1.54, 1.807) is 19.1 Å². The molecule has 0 amide bonds. The van der Waals surface area contributed by atoms with E-state index in [1.165, 1.54) is 0 Å². The number of rotatable bonds is 4. The lowest BCUT2D eigenvalue weighted by Gasteiger charge is -2.07. The number of hydrogen-bond acceptors (Lipinski definition) is 3. The molecule has 1 heterocycles. The molecule has 0 aromatic carbocycles. The number of aromatic carboxylic acids is 1. The van der Waals surface area contributed by atoms with Crippen LogP contribution < -0.4 is 4.74 Å². The molecule has 0 aliphatic rings. The highest BCUT2D eigenvalue weighted by Gasteiger charge is 2.13. The van der Waals surface area contributed by atoms with Crippen LogP contribution >= 0.6 is 0 Å². The summed E-state index contributed by atoms with van der Waals surface area (Å²) >= 11 is 0. The van der Waals surface area contributed by atoms with Gasteiger partial charge in [0, 0.05) is 5.69 Å². The third kappa shape index (κ3) is 2.22. The standard InChI is InChI=1S/C10H13NO3/c1-3-7-5-6-8(14-4-2)9(11-7)10(12)13/h5-6H,3-4H2,1-2H3,(H,12,13). The Morgan fingerprint density at radius 3 is 2.71 bits per heavy atom. The Kier molecular flexibility index (Phi) is 3.45. The number of carboxylic acids is 1. The summed E-state index contributed by atoms with van der Waals surface area (Å²) in [6.45, 7) is 4.17. The summed E-state index contributed by atoms with van der Waals surface area (Å²) in [5.41, 5.74) is 0.747. The van der Waals surface area contributed by atoms with E-state index < -0.39 is 5.97 Å². The van der Waals surface area contributed by atoms with Crippen LogP contribution in [0.1, 0.15) is 30.0 Å². The molecule has 0 unspecified atom stereocenters. The molecule has 4 nitrogen and oxygen atoms in total. The SMILES string of the molecule is CCOc1ccc(CC)nc1C(=O)O. The van der Waals surface area contributed by atoms with E-state index in [1.807, 2.05) is 6.92 Å². The normalized spacial score (nSPS) is 9.86. The van der Waals surface area contributed by atoms with E-state index in [4.69, 9.17) is 9.84 Å². The largest absolute Gasteiger partial charge is 0.491 e. The van der Waals surface area contributed by atoms with Crippen LogP contribution in [-0.2, 0) is 6.42 Å². The van der Waals surface area contributed by atoms with E-state index in [9.17, 15) is 4.79 Å². The third-order valence-corrected chi connectivity index (χ3v) is 1.78. The maximum Gasteiger partial charge on any atom is 0.358 e. The van der Waals surface area contributed by atoms with Gasteiger partial charge in [0.25, 0.3) is 0 Å². The number of nitrogens with zero attached hydrogens (tertiary/aromatic N) is 1. The lowest BCUT2D eigenvalue weighted by atomic mass is 10.2. The molecular weight excluding hydrogens is 182 g/mol. The number of aryl methyl sites for hydroxylation is 1. The summed E-state index contributed by atoms with van der Waals surface area (Å²) in [7, 11) is 0. The predicted octanol–water partition coefficient (Wildman–Crippen LogP) is 1.74. The smallest absolute Gasteiger partial charge is 0.358 e. The minimum absolute atomic E-state index is 0.00815. The lowest BCUT2D eigenvalue weighted by molar-refractivity contribution is 0.0685. The van der Waals surface area contributed by atoms with Gasteiger partial charge in [0.05, 0.1) is 6.61 Å². The summed E-state index contributed by atoms with van der Waals surface area (Å²) in [6, 6.07) is 3.43. The van der Waals surface area contributed by atoms with E-state index >= 15 is 0 Å². The van der Waals surface area contributed by atoms with Gasteiger partial charge in [0.15, 0.2) is 11.4 Å². The maximum absolute atomic E-state index is 10.8. The van der Waals surface area contributed by atoms with Crippen molar-refractivity contribution in [1.82, 2.24) is 4.98 Å². The van der Waals surface area contributed by atoms with Crippen molar-refractivity contribution in [1.29, 1.82) is 0 Å². The Morgan fingerprint density at radius 2 is 2.21 bits per heavy atom. The Hall–Kier alpha value is -1.58. The summed E-state index contributed by atoms with van der Waals surface area (Å²) < 4.78 is 5.15. The molecule has 4 heteroatoms. The first-order valence-corrected chi connectivity index (χ1v) is 4.55. The monoisotopic (exact) mass is 195 g/mol. The molecule has 0 aliphatic carbocycles. The topological polar surface area (TPSA) is 59.4 Å². The average molecular weight is 195 g/mol. The molecule has 1 N–H and O–H groups in total. The van der Waals surface area contributed by atoms with Crippen LogP contribution in [0.25, 0.3) is 0 Å². The van der Waals surface area contributed by atoms with Crippen LogP contribution in [0.15, 0.2) is 12.1 Å². The zero-order valence-corrected chi connectivity index (χ0v) is 8.28. The molecule has 0 atom stereocenters. The van der Waals surface area contributed by atoms with Crippen molar-refractivity contribution in [3.8, 4) is 5.75 Å². The van der Waals surface area contributed by atoms with Crippen LogP contribution in [0.5, 0.6) is 5.75 Å². The van der Waals surface area contributed by atoms with Crippen molar-refractivity contribution >= 4 is 5.97 Å². The minimum atomic E-state index is -1.05. The van der Waals surface area contributed by atoms with Crippen molar-refractivity contribution in [2.45, 2.75) is 20.3 Å². The number of ether oxygens (including phenoxy) is 1. The average Bonchev–Trinajstić information content (AvgIpc) is 2.18. The molecule has 76 valence electrons. The van der Waals surface area contributed by atoms with Gasteiger partial charge in [0.1, 0.15) is 0 Å². The van der Waals surface area contributed by atoms with Gasteiger partial charge in [-0.25, -0.2) is 9.78 Å². The van der Waals surface area contributed by atoms with Crippen molar-refractivity contribution in [2.24, 2.45) is 0 Å². The second kappa shape index (κ2) is 4.60. The molecule has 0 saturated heterocycles. The zero-order valence-electron chi connectivity index (χ0n) is 8.28. The molecule has 1 rings (SSSR count). The number of pyridine rings is 1. The second-order valence-corrected chi connectivity index (χ2v) is 2.74. The number of carboxylic acid groups (broad SMARTS) is 1. The van der Waals surface area contributed by atoms with E-state index in [0.717, 1.165) is 5.69 Å². The second-order valence-electron chi connectivity index (χ2n) is 2.74. The molecule has 0 aliphatic heterocycles. The van der Waals surface area contributed by atoms with Gasteiger partial charge >= 0.3 is 5.97 Å². The van der Waals surface area contributed by atoms with Crippen molar-refractivity contribution in [3.63, 3.8) is 0 Å². The minimum Gasteiger partial charge on any atom is -0.491 e. The van der Waals surface area contributed by atoms with E-state index in [2.05, 4.69) is 4.98 Å². The molecule has 0 bridgehead atoms. The summed E-state index contributed by atoms with van der Waals surface area (Å²) in [6.07, 6.45) is 0.715. The highest BCUT2D eigenvalue weighted by molar-refractivity contribution is 5.88. The van der Waals surface area contributed by atoms with E-state index in [-0.39, 0.29) is 5.69 Å². The zero-order chi connectivity index (χ0) is 10.6. The maximum atomic E-state index is 10.8. The molecule has 1 aromatic rings. The fraction of sp³-hybridized carbons (Fsp3) is 0.400. The molecule has 0 fully saturated rings. The van der Waals surface area contributed by atoms with Crippen LogP contribution in [-0.4, -0.2) is 22.7 Å². The van der Waals surface area contributed by atoms with Crippen LogP contribution in [0, 0.1) is 0 Å². The van der Waals surface area contributed by atoms with Gasteiger partial charge in [-0.15, -0.1) is 0 Å². The molecule has 14 heavy (non-hydrogen) atoms. The van der Waals surface area contributed by atoms with Gasteiger partial charge < -0.3 is 9.84 Å². The van der Waals surface area contributed by atoms with Crippen molar-refractivity contribution < 1.29 is 14.6 Å². The molecule has 1 aromatic heterocycles. The predicted molar refractivity (Wildman–Crippen MR) is 51.7 cm³/mol. The van der Waals surface area contributed by atoms with Gasteiger partial charge in [-0.1, -0.05) is 6.92 Å². The number of aromatic nitrogens is 1. The van der Waals surface area contributed by atoms with E-state index in [0.29, 0.717) is 18.8 Å².